The van der Waals surface area contributed by atoms with Gasteiger partial charge in [0, 0.05) is 24.5 Å². The lowest BCUT2D eigenvalue weighted by Crippen LogP contribution is -2.44. The maximum Gasteiger partial charge on any atom is 0.159 e. The third-order valence-electron chi connectivity index (χ3n) is 6.60. The number of nitrogens with zero attached hydrogens (tertiary/aromatic N) is 5. The van der Waals surface area contributed by atoms with Gasteiger partial charge in [0.25, 0.3) is 0 Å². The van der Waals surface area contributed by atoms with Gasteiger partial charge in [0.2, 0.25) is 0 Å². The fourth-order valence-electron chi connectivity index (χ4n) is 4.63. The Labute approximate surface area is 163 Å². The summed E-state index contributed by atoms with van der Waals surface area (Å²) in [7, 11) is 0. The van der Waals surface area contributed by atoms with Crippen LogP contribution >= 0.6 is 0 Å². The van der Waals surface area contributed by atoms with Crippen molar-refractivity contribution in [1.29, 1.82) is 0 Å². The molecule has 1 aromatic carbocycles. The van der Waals surface area contributed by atoms with Gasteiger partial charge in [0.15, 0.2) is 5.82 Å². The molecule has 1 saturated heterocycles. The highest BCUT2D eigenvalue weighted by Crippen LogP contribution is 2.75. The van der Waals surface area contributed by atoms with E-state index in [0.717, 1.165) is 35.0 Å². The molecule has 1 unspecified atom stereocenters. The summed E-state index contributed by atoms with van der Waals surface area (Å²) >= 11 is 0. The van der Waals surface area contributed by atoms with Crippen LogP contribution in [-0.4, -0.2) is 57.3 Å². The molecule has 2 aromatic heterocycles. The van der Waals surface area contributed by atoms with E-state index in [9.17, 15) is 5.11 Å². The molecule has 1 aliphatic heterocycles. The molecule has 2 aliphatic carbocycles. The van der Waals surface area contributed by atoms with Crippen molar-refractivity contribution in [2.75, 3.05) is 31.2 Å². The van der Waals surface area contributed by atoms with E-state index in [1.54, 1.807) is 6.33 Å². The van der Waals surface area contributed by atoms with Crippen LogP contribution in [-0.2, 0) is 4.74 Å². The second kappa shape index (κ2) is 5.99. The molecule has 0 radical (unpaired) electrons. The Morgan fingerprint density at radius 1 is 1.18 bits per heavy atom. The Kier molecular flexibility index (Phi) is 3.52. The van der Waals surface area contributed by atoms with Crippen LogP contribution in [0.3, 0.4) is 0 Å². The number of hydrogen-bond donors (Lipinski definition) is 1. The molecule has 144 valence electrons. The van der Waals surface area contributed by atoms with Crippen LogP contribution in [0.1, 0.15) is 30.7 Å². The second-order valence-corrected chi connectivity index (χ2v) is 8.35. The lowest BCUT2D eigenvalue weighted by Gasteiger charge is -2.32. The van der Waals surface area contributed by atoms with E-state index in [-0.39, 0.29) is 12.7 Å². The smallest absolute Gasteiger partial charge is 0.159 e. The number of aliphatic hydroxyl groups excluding tert-OH is 1. The fourth-order valence-corrected chi connectivity index (χ4v) is 4.63. The Balaban J connectivity index is 1.35. The van der Waals surface area contributed by atoms with E-state index >= 15 is 0 Å². The maximum atomic E-state index is 9.40. The first-order valence-electron chi connectivity index (χ1n) is 10.0. The van der Waals surface area contributed by atoms with Gasteiger partial charge in [-0.25, -0.2) is 14.6 Å². The fraction of sp³-hybridized carbons (Fsp3) is 0.476. The first-order chi connectivity index (χ1) is 13.8. The number of rotatable bonds is 4. The predicted molar refractivity (Wildman–Crippen MR) is 105 cm³/mol. The minimum atomic E-state index is -0.173. The lowest BCUT2D eigenvalue weighted by molar-refractivity contribution is 0.00335. The van der Waals surface area contributed by atoms with E-state index in [2.05, 4.69) is 38.2 Å². The summed E-state index contributed by atoms with van der Waals surface area (Å²) in [5.41, 5.74) is 3.17. The molecule has 28 heavy (non-hydrogen) atoms. The van der Waals surface area contributed by atoms with Crippen LogP contribution in [0.25, 0.3) is 16.7 Å². The van der Waals surface area contributed by atoms with Crippen LogP contribution in [0.15, 0.2) is 36.8 Å². The number of benzene rings is 1. The van der Waals surface area contributed by atoms with E-state index in [4.69, 9.17) is 4.74 Å². The van der Waals surface area contributed by atoms with Gasteiger partial charge >= 0.3 is 0 Å². The largest absolute Gasteiger partial charge is 0.394 e. The molecule has 1 N–H and O–H groups in total. The zero-order chi connectivity index (χ0) is 18.7. The van der Waals surface area contributed by atoms with Crippen LogP contribution in [0.4, 0.5) is 5.82 Å². The number of anilines is 1. The molecular formula is C21H23N5O2. The number of fused-ring (bicyclic) bond motifs is 1. The summed E-state index contributed by atoms with van der Waals surface area (Å²) < 4.78 is 7.46. The van der Waals surface area contributed by atoms with Crippen molar-refractivity contribution < 1.29 is 9.84 Å². The van der Waals surface area contributed by atoms with Crippen molar-refractivity contribution in [2.24, 2.45) is 5.41 Å². The van der Waals surface area contributed by atoms with Crippen LogP contribution < -0.4 is 4.90 Å². The molecule has 0 bridgehead atoms. The molecule has 7 nitrogen and oxygen atoms in total. The van der Waals surface area contributed by atoms with Crippen molar-refractivity contribution in [3.05, 3.63) is 42.4 Å². The maximum absolute atomic E-state index is 9.40. The number of morpholine rings is 1. The van der Waals surface area contributed by atoms with E-state index in [0.29, 0.717) is 18.6 Å². The zero-order valence-corrected chi connectivity index (χ0v) is 15.7. The SMILES string of the molecule is OCC1CN(c2cc(-n3ncc4ccc([C@@H]5CC56CC6)cc43)ncn2)CCO1. The topological polar surface area (TPSA) is 76.3 Å². The van der Waals surface area contributed by atoms with Gasteiger partial charge < -0.3 is 14.7 Å². The first-order valence-corrected chi connectivity index (χ1v) is 10.0. The van der Waals surface area contributed by atoms with Gasteiger partial charge in [-0.15, -0.1) is 0 Å². The molecule has 3 fully saturated rings. The van der Waals surface area contributed by atoms with Crippen molar-refractivity contribution >= 4 is 16.7 Å². The third-order valence-corrected chi connectivity index (χ3v) is 6.60. The Bertz CT molecular complexity index is 1040. The van der Waals surface area contributed by atoms with Crippen molar-refractivity contribution in [3.8, 4) is 5.82 Å². The van der Waals surface area contributed by atoms with Crippen LogP contribution in [0.5, 0.6) is 0 Å². The van der Waals surface area contributed by atoms with Crippen LogP contribution in [0.2, 0.25) is 0 Å². The molecule has 3 heterocycles. The van der Waals surface area contributed by atoms with Crippen molar-refractivity contribution in [2.45, 2.75) is 31.3 Å². The van der Waals surface area contributed by atoms with Crippen molar-refractivity contribution in [1.82, 2.24) is 19.7 Å². The average molecular weight is 377 g/mol. The number of aliphatic hydroxyl groups is 1. The first kappa shape index (κ1) is 16.4. The number of aromatic nitrogens is 4. The van der Waals surface area contributed by atoms with Gasteiger partial charge in [-0.3, -0.25) is 0 Å². The zero-order valence-electron chi connectivity index (χ0n) is 15.7. The number of hydrogen-bond acceptors (Lipinski definition) is 6. The molecule has 6 rings (SSSR count). The highest BCUT2D eigenvalue weighted by Gasteiger charge is 2.62. The van der Waals surface area contributed by atoms with E-state index in [1.165, 1.54) is 24.8 Å². The molecule has 3 aliphatic rings. The van der Waals surface area contributed by atoms with Gasteiger partial charge in [-0.2, -0.15) is 5.10 Å². The molecule has 0 amide bonds. The van der Waals surface area contributed by atoms with Gasteiger partial charge in [0.1, 0.15) is 12.1 Å². The summed E-state index contributed by atoms with van der Waals surface area (Å²) in [4.78, 5) is 11.1. The molecule has 2 atom stereocenters. The summed E-state index contributed by atoms with van der Waals surface area (Å²) in [6, 6.07) is 8.70. The summed E-state index contributed by atoms with van der Waals surface area (Å²) in [5, 5.41) is 15.1. The van der Waals surface area contributed by atoms with Crippen LogP contribution in [0, 0.1) is 5.41 Å². The number of ether oxygens (including phenoxy) is 1. The molecule has 1 spiro atoms. The summed E-state index contributed by atoms with van der Waals surface area (Å²) in [6.07, 6.45) is 7.43. The third kappa shape index (κ3) is 2.61. The van der Waals surface area contributed by atoms with Gasteiger partial charge in [-0.05, 0) is 42.2 Å². The molecule has 2 saturated carbocycles. The molecule has 3 aromatic rings. The monoisotopic (exact) mass is 377 g/mol. The normalized spacial score (nSPS) is 25.4. The van der Waals surface area contributed by atoms with Gasteiger partial charge in [0.05, 0.1) is 31.0 Å². The standard InChI is InChI=1S/C21H23N5O2/c27-12-16-11-25(5-6-28-16)19-8-20(23-13-22-19)26-18-7-14(1-2-15(18)10-24-26)17-9-21(17)3-4-21/h1-2,7-8,10,13,16-17,27H,3-6,9,11-12H2/t16?,17-/m0/s1. The molecular weight excluding hydrogens is 354 g/mol. The summed E-state index contributed by atoms with van der Waals surface area (Å²) in [6.45, 7) is 1.98. The molecule has 7 heteroatoms. The quantitative estimate of drug-likeness (QED) is 0.752. The Morgan fingerprint density at radius 3 is 2.89 bits per heavy atom. The lowest BCUT2D eigenvalue weighted by atomic mass is 10.1. The highest BCUT2D eigenvalue weighted by molar-refractivity contribution is 5.81. The predicted octanol–water partition coefficient (Wildman–Crippen LogP) is 2.28. The van der Waals surface area contributed by atoms with Crippen molar-refractivity contribution in [3.63, 3.8) is 0 Å². The van der Waals surface area contributed by atoms with E-state index < -0.39 is 0 Å². The highest BCUT2D eigenvalue weighted by atomic mass is 16.5. The minimum absolute atomic E-state index is 0.0175. The second-order valence-electron chi connectivity index (χ2n) is 8.35. The average Bonchev–Trinajstić information content (AvgIpc) is 3.65. The minimum Gasteiger partial charge on any atom is -0.394 e. The summed E-state index contributed by atoms with van der Waals surface area (Å²) in [5.74, 6) is 2.33. The Morgan fingerprint density at radius 2 is 2.07 bits per heavy atom. The Hall–Kier alpha value is -2.51. The van der Waals surface area contributed by atoms with E-state index in [1.807, 2.05) is 16.9 Å². The van der Waals surface area contributed by atoms with Gasteiger partial charge in [-0.1, -0.05) is 12.1 Å².